The number of aromatic carboxylic acids is 1. The molecule has 0 aliphatic heterocycles. The summed E-state index contributed by atoms with van der Waals surface area (Å²) in [5, 5.41) is 12.5. The molecule has 3 N–H and O–H groups in total. The monoisotopic (exact) mass is 355 g/mol. The number of aromatic amines is 1. The van der Waals surface area contributed by atoms with Crippen molar-refractivity contribution in [2.45, 2.75) is 19.0 Å². The van der Waals surface area contributed by atoms with Crippen LogP contribution >= 0.6 is 11.8 Å². The van der Waals surface area contributed by atoms with E-state index < -0.39 is 5.97 Å². The largest absolute Gasteiger partial charge is 0.478 e. The molecular weight excluding hydrogens is 338 g/mol. The number of hydrogen-bond donors (Lipinski definition) is 3. The number of benzene rings is 2. The summed E-state index contributed by atoms with van der Waals surface area (Å²) in [5.41, 5.74) is 4.39. The molecule has 0 bridgehead atoms. The van der Waals surface area contributed by atoms with Crippen LogP contribution in [0, 0.1) is 13.8 Å². The van der Waals surface area contributed by atoms with E-state index in [4.69, 9.17) is 5.11 Å². The van der Waals surface area contributed by atoms with Crippen LogP contribution in [-0.2, 0) is 4.79 Å². The zero-order chi connectivity index (χ0) is 18.0. The number of thioether (sulfide) groups is 1. The molecule has 0 aliphatic carbocycles. The molecule has 0 saturated heterocycles. The van der Waals surface area contributed by atoms with Gasteiger partial charge in [0.25, 0.3) is 0 Å². The van der Waals surface area contributed by atoms with Crippen molar-refractivity contribution in [3.63, 3.8) is 0 Å². The quantitative estimate of drug-likeness (QED) is 0.608. The third kappa shape index (κ3) is 4.00. The average molecular weight is 355 g/mol. The first-order valence-corrected chi connectivity index (χ1v) is 8.64. The second kappa shape index (κ2) is 6.98. The Morgan fingerprint density at radius 3 is 2.76 bits per heavy atom. The molecule has 0 unspecified atom stereocenters. The van der Waals surface area contributed by atoms with Crippen molar-refractivity contribution in [2.24, 2.45) is 0 Å². The molecular formula is C18H17N3O3S. The topological polar surface area (TPSA) is 95.1 Å². The molecule has 25 heavy (non-hydrogen) atoms. The first-order chi connectivity index (χ1) is 11.9. The van der Waals surface area contributed by atoms with Crippen LogP contribution in [0.15, 0.2) is 41.6 Å². The predicted molar refractivity (Wildman–Crippen MR) is 98.3 cm³/mol. The molecule has 0 radical (unpaired) electrons. The van der Waals surface area contributed by atoms with Gasteiger partial charge >= 0.3 is 5.97 Å². The van der Waals surface area contributed by atoms with Crippen molar-refractivity contribution in [1.82, 2.24) is 9.97 Å². The average Bonchev–Trinajstić information content (AvgIpc) is 2.96. The second-order valence-corrected chi connectivity index (χ2v) is 6.70. The zero-order valence-electron chi connectivity index (χ0n) is 13.8. The molecule has 7 heteroatoms. The number of fused-ring (bicyclic) bond motifs is 1. The van der Waals surface area contributed by atoms with E-state index in [1.807, 2.05) is 32.0 Å². The Labute approximate surface area is 148 Å². The Kier molecular flexibility index (Phi) is 4.76. The summed E-state index contributed by atoms with van der Waals surface area (Å²) in [6.45, 7) is 3.82. The van der Waals surface area contributed by atoms with Gasteiger partial charge in [-0.25, -0.2) is 9.78 Å². The van der Waals surface area contributed by atoms with Crippen LogP contribution in [0.4, 0.5) is 5.69 Å². The molecule has 0 fully saturated rings. The smallest absolute Gasteiger partial charge is 0.335 e. The van der Waals surface area contributed by atoms with Crippen molar-refractivity contribution >= 4 is 40.4 Å². The van der Waals surface area contributed by atoms with Crippen molar-refractivity contribution in [2.75, 3.05) is 11.1 Å². The molecule has 0 saturated carbocycles. The Morgan fingerprint density at radius 2 is 2.00 bits per heavy atom. The number of anilines is 1. The minimum atomic E-state index is -1.03. The number of nitrogens with zero attached hydrogens (tertiary/aromatic N) is 1. The van der Waals surface area contributed by atoms with Gasteiger partial charge in [0.1, 0.15) is 0 Å². The Hall–Kier alpha value is -2.80. The maximum Gasteiger partial charge on any atom is 0.335 e. The minimum Gasteiger partial charge on any atom is -0.478 e. The summed E-state index contributed by atoms with van der Waals surface area (Å²) in [5.74, 6) is -1.06. The van der Waals surface area contributed by atoms with Gasteiger partial charge in [-0.05, 0) is 49.2 Å². The molecule has 0 aliphatic rings. The van der Waals surface area contributed by atoms with Crippen molar-refractivity contribution < 1.29 is 14.7 Å². The van der Waals surface area contributed by atoms with E-state index in [9.17, 15) is 9.59 Å². The van der Waals surface area contributed by atoms with E-state index in [1.165, 1.54) is 23.9 Å². The van der Waals surface area contributed by atoms with E-state index in [0.29, 0.717) is 10.8 Å². The molecule has 0 spiro atoms. The van der Waals surface area contributed by atoms with Gasteiger partial charge in [0.15, 0.2) is 5.16 Å². The van der Waals surface area contributed by atoms with E-state index in [2.05, 4.69) is 15.3 Å². The highest BCUT2D eigenvalue weighted by Gasteiger charge is 2.11. The molecule has 3 rings (SSSR count). The lowest BCUT2D eigenvalue weighted by Crippen LogP contribution is -2.15. The summed E-state index contributed by atoms with van der Waals surface area (Å²) >= 11 is 1.30. The molecule has 0 atom stereocenters. The highest BCUT2D eigenvalue weighted by Crippen LogP contribution is 2.21. The lowest BCUT2D eigenvalue weighted by Gasteiger charge is -2.08. The van der Waals surface area contributed by atoms with Gasteiger partial charge in [-0.15, -0.1) is 0 Å². The van der Waals surface area contributed by atoms with Gasteiger partial charge in [-0.3, -0.25) is 4.79 Å². The van der Waals surface area contributed by atoms with Crippen LogP contribution in [-0.4, -0.2) is 32.7 Å². The first-order valence-electron chi connectivity index (χ1n) is 7.65. The van der Waals surface area contributed by atoms with E-state index in [-0.39, 0.29) is 17.2 Å². The standard InChI is InChI=1S/C18H17N3O3S/c1-10-3-6-13-15(7-10)21-18(20-13)25-9-16(22)19-14-8-12(17(23)24)5-4-11(14)2/h3-8H,9H2,1-2H3,(H,19,22)(H,20,21)(H,23,24). The first kappa shape index (κ1) is 17.0. The highest BCUT2D eigenvalue weighted by atomic mass is 32.2. The number of rotatable bonds is 5. The number of carbonyl (C=O) groups is 2. The highest BCUT2D eigenvalue weighted by molar-refractivity contribution is 7.99. The lowest BCUT2D eigenvalue weighted by molar-refractivity contribution is -0.113. The Bertz CT molecular complexity index is 965. The number of imidazole rings is 1. The number of carbonyl (C=O) groups excluding carboxylic acids is 1. The molecule has 2 aromatic carbocycles. The molecule has 6 nitrogen and oxygen atoms in total. The number of carboxylic acids is 1. The van der Waals surface area contributed by atoms with Crippen molar-refractivity contribution in [3.05, 3.63) is 53.1 Å². The fraction of sp³-hybridized carbons (Fsp3) is 0.167. The number of carboxylic acid groups (broad SMARTS) is 1. The van der Waals surface area contributed by atoms with Gasteiger partial charge in [-0.2, -0.15) is 0 Å². The van der Waals surface area contributed by atoms with E-state index in [1.54, 1.807) is 6.07 Å². The predicted octanol–water partition coefficient (Wildman–Crippen LogP) is 3.61. The van der Waals surface area contributed by atoms with Gasteiger partial charge < -0.3 is 15.4 Å². The molecule has 1 aromatic heterocycles. The number of nitrogens with one attached hydrogen (secondary N) is 2. The summed E-state index contributed by atoms with van der Waals surface area (Å²) < 4.78 is 0. The summed E-state index contributed by atoms with van der Waals surface area (Å²) in [6, 6.07) is 10.6. The fourth-order valence-corrected chi connectivity index (χ4v) is 3.06. The van der Waals surface area contributed by atoms with Crippen LogP contribution in [0.5, 0.6) is 0 Å². The van der Waals surface area contributed by atoms with E-state index in [0.717, 1.165) is 22.2 Å². The van der Waals surface area contributed by atoms with Crippen molar-refractivity contribution in [1.29, 1.82) is 0 Å². The maximum absolute atomic E-state index is 12.2. The second-order valence-electron chi connectivity index (χ2n) is 5.73. The third-order valence-electron chi connectivity index (χ3n) is 3.71. The molecule has 1 amide bonds. The van der Waals surface area contributed by atoms with Crippen LogP contribution in [0.1, 0.15) is 21.5 Å². The molecule has 3 aromatic rings. The molecule has 1 heterocycles. The summed E-state index contributed by atoms with van der Waals surface area (Å²) in [7, 11) is 0. The van der Waals surface area contributed by atoms with Gasteiger partial charge in [0.05, 0.1) is 22.3 Å². The lowest BCUT2D eigenvalue weighted by atomic mass is 10.1. The van der Waals surface area contributed by atoms with E-state index >= 15 is 0 Å². The maximum atomic E-state index is 12.2. The van der Waals surface area contributed by atoms with Crippen molar-refractivity contribution in [3.8, 4) is 0 Å². The molecule has 128 valence electrons. The van der Waals surface area contributed by atoms with Crippen LogP contribution < -0.4 is 5.32 Å². The van der Waals surface area contributed by atoms with Gasteiger partial charge in [0.2, 0.25) is 5.91 Å². The Balaban J connectivity index is 1.66. The summed E-state index contributed by atoms with van der Waals surface area (Å²) in [4.78, 5) is 30.8. The number of aromatic nitrogens is 2. The fourth-order valence-electron chi connectivity index (χ4n) is 2.38. The minimum absolute atomic E-state index is 0.140. The number of H-pyrrole nitrogens is 1. The number of amides is 1. The number of hydrogen-bond acceptors (Lipinski definition) is 4. The Morgan fingerprint density at radius 1 is 1.20 bits per heavy atom. The van der Waals surface area contributed by atoms with Gasteiger partial charge in [-0.1, -0.05) is 23.9 Å². The van der Waals surface area contributed by atoms with Crippen LogP contribution in [0.2, 0.25) is 0 Å². The zero-order valence-corrected chi connectivity index (χ0v) is 14.6. The summed E-state index contributed by atoms with van der Waals surface area (Å²) in [6.07, 6.45) is 0. The van der Waals surface area contributed by atoms with Crippen LogP contribution in [0.25, 0.3) is 11.0 Å². The number of aryl methyl sites for hydroxylation is 2. The third-order valence-corrected chi connectivity index (χ3v) is 4.59. The SMILES string of the molecule is Cc1ccc2nc(SCC(=O)Nc3cc(C(=O)O)ccc3C)[nH]c2c1. The van der Waals surface area contributed by atoms with Crippen LogP contribution in [0.3, 0.4) is 0 Å². The normalized spacial score (nSPS) is 10.8. The van der Waals surface area contributed by atoms with Gasteiger partial charge in [0, 0.05) is 5.69 Å².